The highest BCUT2D eigenvalue weighted by molar-refractivity contribution is 4.60. The first-order chi connectivity index (χ1) is 2.27. The molecule has 0 aliphatic carbocycles. The lowest BCUT2D eigenvalue weighted by atomic mass is 10.5. The van der Waals surface area contributed by atoms with E-state index < -0.39 is 0 Å². The molecular weight excluding hydrogens is 48.0 g/mol. The quantitative estimate of drug-likeness (QED) is 0.401. The largest absolute Gasteiger partial charge is 0.103 e. The minimum atomic E-state index is -0.102. The fourth-order valence-electron chi connectivity index (χ4n) is 0. The standard InChI is InChI=1S/C4H8/c1-3-4-2/h3H,1,4H2,2H3/i4D/t4-/m1/s1. The van der Waals surface area contributed by atoms with Crippen LogP contribution in [0.25, 0.3) is 0 Å². The summed E-state index contributed by atoms with van der Waals surface area (Å²) < 4.78 is 6.71. The van der Waals surface area contributed by atoms with Crippen LogP contribution in [0.4, 0.5) is 0 Å². The monoisotopic (exact) mass is 57.1 g/mol. The summed E-state index contributed by atoms with van der Waals surface area (Å²) in [7, 11) is 0. The second-order valence-corrected chi connectivity index (χ2v) is 0.569. The van der Waals surface area contributed by atoms with Crippen molar-refractivity contribution in [1.82, 2.24) is 0 Å². The van der Waals surface area contributed by atoms with Gasteiger partial charge in [-0.3, -0.25) is 0 Å². The highest BCUT2D eigenvalue weighted by Crippen LogP contribution is 1.66. The van der Waals surface area contributed by atoms with Crippen molar-refractivity contribution in [2.24, 2.45) is 0 Å². The molecule has 0 fully saturated rings. The molecule has 0 amide bonds. The first-order valence-electron chi connectivity index (χ1n) is 1.90. The first-order valence-corrected chi connectivity index (χ1v) is 1.32. The fraction of sp³-hybridized carbons (Fsp3) is 0.500. The zero-order valence-electron chi connectivity index (χ0n) is 3.86. The molecule has 0 saturated heterocycles. The Kier molecular flexibility index (Phi) is 1.38. The minimum absolute atomic E-state index is 0.102. The van der Waals surface area contributed by atoms with Gasteiger partial charge in [-0.2, -0.15) is 0 Å². The van der Waals surface area contributed by atoms with Crippen molar-refractivity contribution in [1.29, 1.82) is 0 Å². The molecule has 0 rings (SSSR count). The Labute approximate surface area is 28.5 Å². The van der Waals surface area contributed by atoms with E-state index in [2.05, 4.69) is 6.58 Å². The zero-order valence-corrected chi connectivity index (χ0v) is 2.86. The van der Waals surface area contributed by atoms with Crippen molar-refractivity contribution in [3.63, 3.8) is 0 Å². The van der Waals surface area contributed by atoms with Crippen molar-refractivity contribution < 1.29 is 1.37 Å². The lowest BCUT2D eigenvalue weighted by Gasteiger charge is -1.57. The number of hydrogen-bond donors (Lipinski definition) is 0. The maximum atomic E-state index is 6.71. The molecular formula is C4H8. The van der Waals surface area contributed by atoms with E-state index in [1.807, 2.05) is 0 Å². The summed E-state index contributed by atoms with van der Waals surface area (Å²) in [4.78, 5) is 0. The molecule has 24 valence electrons. The molecule has 0 N–H and O–H groups in total. The molecule has 0 nitrogen and oxygen atoms in total. The zero-order chi connectivity index (χ0) is 4.28. The molecule has 0 heteroatoms. The number of hydrogen-bond acceptors (Lipinski definition) is 0. The molecule has 0 spiro atoms. The SMILES string of the molecule is [2H][C@H](C)C=C. The fourth-order valence-corrected chi connectivity index (χ4v) is 0. The summed E-state index contributed by atoms with van der Waals surface area (Å²) in [6.07, 6.45) is 1.48. The highest BCUT2D eigenvalue weighted by atomic mass is 13.5. The van der Waals surface area contributed by atoms with Crippen LogP contribution in [-0.4, -0.2) is 0 Å². The second-order valence-electron chi connectivity index (χ2n) is 0.569. The van der Waals surface area contributed by atoms with E-state index in [9.17, 15) is 0 Å². The van der Waals surface area contributed by atoms with Gasteiger partial charge in [0.1, 0.15) is 0 Å². The smallest absolute Gasteiger partial charge is 0.0307 e. The molecule has 0 heterocycles. The van der Waals surface area contributed by atoms with Crippen molar-refractivity contribution in [3.05, 3.63) is 12.7 Å². The van der Waals surface area contributed by atoms with Gasteiger partial charge in [0.15, 0.2) is 0 Å². The summed E-state index contributed by atoms with van der Waals surface area (Å²) in [5.41, 5.74) is 0. The molecule has 0 unspecified atom stereocenters. The Morgan fingerprint density at radius 2 is 2.75 bits per heavy atom. The molecule has 1 atom stereocenters. The van der Waals surface area contributed by atoms with E-state index in [-0.39, 0.29) is 6.40 Å². The lowest BCUT2D eigenvalue weighted by Crippen LogP contribution is -1.36. The predicted molar refractivity (Wildman–Crippen MR) is 20.5 cm³/mol. The Morgan fingerprint density at radius 1 is 2.50 bits per heavy atom. The summed E-state index contributed by atoms with van der Waals surface area (Å²) in [5.74, 6) is 0. The molecule has 0 aromatic rings. The van der Waals surface area contributed by atoms with Gasteiger partial charge in [0.2, 0.25) is 0 Å². The molecule has 0 radical (unpaired) electrons. The van der Waals surface area contributed by atoms with Crippen molar-refractivity contribution in [3.8, 4) is 0 Å². The predicted octanol–water partition coefficient (Wildman–Crippen LogP) is 1.58. The Morgan fingerprint density at radius 3 is 2.75 bits per heavy atom. The molecule has 4 heavy (non-hydrogen) atoms. The van der Waals surface area contributed by atoms with Gasteiger partial charge in [-0.1, -0.05) is 13.0 Å². The summed E-state index contributed by atoms with van der Waals surface area (Å²) in [6.45, 7) is 5.14. The summed E-state index contributed by atoms with van der Waals surface area (Å²) in [5, 5.41) is 0. The van der Waals surface area contributed by atoms with E-state index in [0.717, 1.165) is 0 Å². The van der Waals surface area contributed by atoms with Gasteiger partial charge < -0.3 is 0 Å². The number of rotatable bonds is 1. The second kappa shape index (κ2) is 2.74. The molecule has 0 saturated carbocycles. The van der Waals surface area contributed by atoms with Crippen LogP contribution in [-0.2, 0) is 0 Å². The third-order valence-corrected chi connectivity index (χ3v) is 0.236. The van der Waals surface area contributed by atoms with Crippen LogP contribution in [0.2, 0.25) is 0 Å². The van der Waals surface area contributed by atoms with Gasteiger partial charge in [0.05, 0.1) is 0 Å². The van der Waals surface area contributed by atoms with E-state index >= 15 is 0 Å². The summed E-state index contributed by atoms with van der Waals surface area (Å²) >= 11 is 0. The maximum absolute atomic E-state index is 6.71. The van der Waals surface area contributed by atoms with Gasteiger partial charge >= 0.3 is 0 Å². The van der Waals surface area contributed by atoms with Gasteiger partial charge in [-0.05, 0) is 6.40 Å². The van der Waals surface area contributed by atoms with Crippen LogP contribution in [0.3, 0.4) is 0 Å². The Balaban J connectivity index is 2.83. The van der Waals surface area contributed by atoms with Crippen LogP contribution in [0.5, 0.6) is 0 Å². The number of allylic oxidation sites excluding steroid dienone is 1. The molecule has 0 aromatic heterocycles. The minimum Gasteiger partial charge on any atom is -0.103 e. The molecule has 0 bridgehead atoms. The van der Waals surface area contributed by atoms with Gasteiger partial charge in [0, 0.05) is 1.37 Å². The normalized spacial score (nSPS) is 17.8. The van der Waals surface area contributed by atoms with E-state index in [0.29, 0.717) is 0 Å². The van der Waals surface area contributed by atoms with Crippen molar-refractivity contribution in [2.75, 3.05) is 0 Å². The molecule has 0 aliphatic heterocycles. The van der Waals surface area contributed by atoms with Gasteiger partial charge in [-0.15, -0.1) is 6.58 Å². The van der Waals surface area contributed by atoms with Crippen molar-refractivity contribution in [2.45, 2.75) is 13.3 Å². The van der Waals surface area contributed by atoms with E-state index in [4.69, 9.17) is 1.37 Å². The van der Waals surface area contributed by atoms with E-state index in [1.54, 1.807) is 13.0 Å². The third kappa shape index (κ3) is 1.74. The maximum Gasteiger partial charge on any atom is 0.0307 e. The average molecular weight is 57.1 g/mol. The topological polar surface area (TPSA) is 0 Å². The average Bonchev–Trinajstić information content (AvgIpc) is 1.38. The van der Waals surface area contributed by atoms with Crippen LogP contribution in [0.15, 0.2) is 12.7 Å². The van der Waals surface area contributed by atoms with Crippen LogP contribution < -0.4 is 0 Å². The van der Waals surface area contributed by atoms with Crippen molar-refractivity contribution >= 4 is 0 Å². The summed E-state index contributed by atoms with van der Waals surface area (Å²) in [6, 6.07) is 0. The Hall–Kier alpha value is -0.260. The molecule has 0 aliphatic rings. The van der Waals surface area contributed by atoms with Gasteiger partial charge in [-0.25, -0.2) is 0 Å². The van der Waals surface area contributed by atoms with Gasteiger partial charge in [0.25, 0.3) is 0 Å². The van der Waals surface area contributed by atoms with E-state index in [1.165, 1.54) is 0 Å². The van der Waals surface area contributed by atoms with Crippen LogP contribution in [0.1, 0.15) is 14.7 Å². The molecule has 0 aromatic carbocycles. The lowest BCUT2D eigenvalue weighted by molar-refractivity contribution is 1.23. The first kappa shape index (κ1) is 2.01. The van der Waals surface area contributed by atoms with Crippen LogP contribution in [0, 0.1) is 0 Å². The highest BCUT2D eigenvalue weighted by Gasteiger charge is 1.45. The Bertz CT molecular complexity index is 30.6. The third-order valence-electron chi connectivity index (χ3n) is 0.236. The van der Waals surface area contributed by atoms with Crippen LogP contribution >= 0.6 is 0 Å².